The molecule has 9 nitrogen and oxygen atoms in total. The van der Waals surface area contributed by atoms with Crippen molar-refractivity contribution < 1.29 is 19.1 Å². The van der Waals surface area contributed by atoms with E-state index in [2.05, 4.69) is 20.7 Å². The molecule has 1 aromatic heterocycles. The van der Waals surface area contributed by atoms with Gasteiger partial charge in [0.2, 0.25) is 11.9 Å². The van der Waals surface area contributed by atoms with Gasteiger partial charge in [-0.1, -0.05) is 36.4 Å². The third-order valence-electron chi connectivity index (χ3n) is 4.61. The van der Waals surface area contributed by atoms with Gasteiger partial charge < -0.3 is 14.8 Å². The molecule has 1 aliphatic rings. The molecule has 4 rings (SSSR count). The van der Waals surface area contributed by atoms with Crippen LogP contribution in [0.15, 0.2) is 42.5 Å². The number of ether oxygens (including phenoxy) is 2. The predicted octanol–water partition coefficient (Wildman–Crippen LogP) is 2.12. The monoisotopic (exact) mass is 395 g/mol. The number of rotatable bonds is 8. The summed E-state index contributed by atoms with van der Waals surface area (Å²) in [5.74, 6) is 0.182. The van der Waals surface area contributed by atoms with Crippen molar-refractivity contribution >= 4 is 34.2 Å². The summed E-state index contributed by atoms with van der Waals surface area (Å²) in [5, 5.41) is 11.8. The predicted molar refractivity (Wildman–Crippen MR) is 106 cm³/mol. The van der Waals surface area contributed by atoms with Crippen LogP contribution in [-0.4, -0.2) is 46.9 Å². The zero-order valence-electron chi connectivity index (χ0n) is 15.9. The summed E-state index contributed by atoms with van der Waals surface area (Å²) in [7, 11) is 1.59. The van der Waals surface area contributed by atoms with Crippen LogP contribution in [-0.2, 0) is 25.7 Å². The number of hydrogen-bond acceptors (Lipinski definition) is 6. The second-order valence-corrected chi connectivity index (χ2v) is 6.63. The summed E-state index contributed by atoms with van der Waals surface area (Å²) < 4.78 is 11.8. The SMILES string of the molecule is COCCOCc1nc2n(n1)[C@@H](CC(=O)Nc1cccc3ccccc13)C(=O)N2. The van der Waals surface area contributed by atoms with E-state index in [4.69, 9.17) is 9.47 Å². The van der Waals surface area contributed by atoms with E-state index in [9.17, 15) is 9.59 Å². The van der Waals surface area contributed by atoms with E-state index >= 15 is 0 Å². The van der Waals surface area contributed by atoms with Crippen molar-refractivity contribution in [3.05, 3.63) is 48.3 Å². The third kappa shape index (κ3) is 4.10. The van der Waals surface area contributed by atoms with Gasteiger partial charge in [-0.3, -0.25) is 14.9 Å². The van der Waals surface area contributed by atoms with Crippen LogP contribution in [0.1, 0.15) is 18.3 Å². The molecule has 2 amide bonds. The first-order valence-electron chi connectivity index (χ1n) is 9.26. The van der Waals surface area contributed by atoms with E-state index in [1.54, 1.807) is 7.11 Å². The van der Waals surface area contributed by atoms with Crippen LogP contribution < -0.4 is 10.6 Å². The van der Waals surface area contributed by atoms with E-state index in [0.29, 0.717) is 30.7 Å². The number of carbonyl (C=O) groups excluding carboxylic acids is 2. The second-order valence-electron chi connectivity index (χ2n) is 6.63. The van der Waals surface area contributed by atoms with Gasteiger partial charge in [-0.25, -0.2) is 4.68 Å². The molecule has 2 N–H and O–H groups in total. The highest BCUT2D eigenvalue weighted by atomic mass is 16.5. The number of fused-ring (bicyclic) bond motifs is 2. The van der Waals surface area contributed by atoms with Crippen molar-refractivity contribution in [3.63, 3.8) is 0 Å². The Kier molecular flexibility index (Phi) is 5.50. The Hall–Kier alpha value is -3.30. The van der Waals surface area contributed by atoms with Crippen molar-refractivity contribution in [2.24, 2.45) is 0 Å². The first kappa shape index (κ1) is 19.0. The Balaban J connectivity index is 1.43. The normalized spacial score (nSPS) is 15.3. The minimum Gasteiger partial charge on any atom is -0.382 e. The molecule has 0 aliphatic carbocycles. The maximum absolute atomic E-state index is 12.6. The van der Waals surface area contributed by atoms with Gasteiger partial charge in [-0.15, -0.1) is 0 Å². The molecule has 1 aliphatic heterocycles. The molecule has 0 bridgehead atoms. The molecule has 0 unspecified atom stereocenters. The van der Waals surface area contributed by atoms with Gasteiger partial charge in [0.1, 0.15) is 12.6 Å². The van der Waals surface area contributed by atoms with Crippen molar-refractivity contribution in [2.75, 3.05) is 31.0 Å². The van der Waals surface area contributed by atoms with E-state index in [1.165, 1.54) is 4.68 Å². The average Bonchev–Trinajstić information content (AvgIpc) is 3.23. The van der Waals surface area contributed by atoms with Gasteiger partial charge in [0.05, 0.1) is 19.6 Å². The first-order valence-corrected chi connectivity index (χ1v) is 9.26. The number of nitrogens with zero attached hydrogens (tertiary/aromatic N) is 3. The number of nitrogens with one attached hydrogen (secondary N) is 2. The molecule has 2 aromatic carbocycles. The lowest BCUT2D eigenvalue weighted by atomic mass is 10.1. The molecule has 0 spiro atoms. The van der Waals surface area contributed by atoms with Crippen LogP contribution in [0, 0.1) is 0 Å². The summed E-state index contributed by atoms with van der Waals surface area (Å²) in [4.78, 5) is 29.1. The molecule has 9 heteroatoms. The summed E-state index contributed by atoms with van der Waals surface area (Å²) in [6, 6.07) is 12.7. The fraction of sp³-hybridized carbons (Fsp3) is 0.300. The van der Waals surface area contributed by atoms with Crippen LogP contribution >= 0.6 is 0 Å². The van der Waals surface area contributed by atoms with Gasteiger partial charge >= 0.3 is 0 Å². The molecule has 0 saturated heterocycles. The topological polar surface area (TPSA) is 107 Å². The highest BCUT2D eigenvalue weighted by molar-refractivity contribution is 6.04. The van der Waals surface area contributed by atoms with E-state index < -0.39 is 6.04 Å². The van der Waals surface area contributed by atoms with E-state index in [1.807, 2.05) is 42.5 Å². The van der Waals surface area contributed by atoms with Crippen molar-refractivity contribution in [1.29, 1.82) is 0 Å². The molecule has 150 valence electrons. The Morgan fingerprint density at radius 1 is 1.21 bits per heavy atom. The average molecular weight is 395 g/mol. The molecular weight excluding hydrogens is 374 g/mol. The van der Waals surface area contributed by atoms with Gasteiger partial charge in [0.25, 0.3) is 5.91 Å². The number of aromatic nitrogens is 3. The van der Waals surface area contributed by atoms with Crippen LogP contribution in [0.3, 0.4) is 0 Å². The standard InChI is InChI=1S/C20H21N5O4/c1-28-9-10-29-12-17-22-20-23-19(27)16(25(20)24-17)11-18(26)21-15-8-4-6-13-5-2-3-7-14(13)15/h2-8,16H,9-12H2,1H3,(H,21,26)(H,22,23,24,27)/t16-/m0/s1. The maximum atomic E-state index is 12.6. The zero-order chi connectivity index (χ0) is 20.2. The first-order chi connectivity index (χ1) is 14.2. The Morgan fingerprint density at radius 2 is 2.03 bits per heavy atom. The Labute approximate surface area is 167 Å². The molecule has 0 fully saturated rings. The number of methoxy groups -OCH3 is 1. The molecular formula is C20H21N5O4. The van der Waals surface area contributed by atoms with E-state index in [-0.39, 0.29) is 24.8 Å². The number of anilines is 2. The highest BCUT2D eigenvalue weighted by Gasteiger charge is 2.35. The minimum absolute atomic E-state index is 0.0462. The van der Waals surface area contributed by atoms with Crippen molar-refractivity contribution in [2.45, 2.75) is 19.1 Å². The van der Waals surface area contributed by atoms with Crippen molar-refractivity contribution in [1.82, 2.24) is 14.8 Å². The highest BCUT2D eigenvalue weighted by Crippen LogP contribution is 2.27. The Morgan fingerprint density at radius 3 is 2.90 bits per heavy atom. The second kappa shape index (κ2) is 8.38. The third-order valence-corrected chi connectivity index (χ3v) is 4.61. The lowest BCUT2D eigenvalue weighted by molar-refractivity contribution is -0.123. The van der Waals surface area contributed by atoms with Gasteiger partial charge in [-0.2, -0.15) is 10.1 Å². The minimum atomic E-state index is -0.750. The van der Waals surface area contributed by atoms with Crippen LogP contribution in [0.4, 0.5) is 11.6 Å². The molecule has 1 atom stereocenters. The lowest BCUT2D eigenvalue weighted by Crippen LogP contribution is -2.24. The van der Waals surface area contributed by atoms with Crippen LogP contribution in [0.2, 0.25) is 0 Å². The van der Waals surface area contributed by atoms with Gasteiger partial charge in [0, 0.05) is 18.2 Å². The molecule has 0 radical (unpaired) electrons. The lowest BCUT2D eigenvalue weighted by Gasteiger charge is -2.11. The quantitative estimate of drug-likeness (QED) is 0.566. The van der Waals surface area contributed by atoms with Gasteiger partial charge in [-0.05, 0) is 11.5 Å². The maximum Gasteiger partial charge on any atom is 0.252 e. The number of hydrogen-bond donors (Lipinski definition) is 2. The largest absolute Gasteiger partial charge is 0.382 e. The smallest absolute Gasteiger partial charge is 0.252 e. The number of carbonyl (C=O) groups is 2. The van der Waals surface area contributed by atoms with Crippen LogP contribution in [0.5, 0.6) is 0 Å². The van der Waals surface area contributed by atoms with E-state index in [0.717, 1.165) is 10.8 Å². The molecule has 29 heavy (non-hydrogen) atoms. The van der Waals surface area contributed by atoms with Gasteiger partial charge in [0.15, 0.2) is 5.82 Å². The summed E-state index contributed by atoms with van der Waals surface area (Å²) >= 11 is 0. The fourth-order valence-electron chi connectivity index (χ4n) is 3.23. The Bertz CT molecular complexity index is 1040. The summed E-state index contributed by atoms with van der Waals surface area (Å²) in [6.07, 6.45) is -0.0462. The molecule has 3 aromatic rings. The fourth-order valence-corrected chi connectivity index (χ4v) is 3.23. The zero-order valence-corrected chi connectivity index (χ0v) is 15.9. The van der Waals surface area contributed by atoms with Crippen LogP contribution in [0.25, 0.3) is 10.8 Å². The summed E-state index contributed by atoms with van der Waals surface area (Å²) in [5.41, 5.74) is 0.706. The molecule has 2 heterocycles. The van der Waals surface area contributed by atoms with Crippen molar-refractivity contribution in [3.8, 4) is 0 Å². The molecule has 0 saturated carbocycles. The number of benzene rings is 2. The number of amides is 2. The summed E-state index contributed by atoms with van der Waals surface area (Å²) in [6.45, 7) is 1.10.